The number of para-hydroxylation sites is 1. The highest BCUT2D eigenvalue weighted by Gasteiger charge is 2.17. The summed E-state index contributed by atoms with van der Waals surface area (Å²) in [4.78, 5) is 33.1. The molecule has 220 valence electrons. The Kier molecular flexibility index (Phi) is 12.1. The van der Waals surface area contributed by atoms with Crippen molar-refractivity contribution in [2.45, 2.75) is 79.2 Å². The molecule has 0 aliphatic heterocycles. The van der Waals surface area contributed by atoms with E-state index in [0.717, 1.165) is 29.6 Å². The number of hydrogen-bond acceptors (Lipinski definition) is 6. The minimum Gasteiger partial charge on any atom is -0.489 e. The summed E-state index contributed by atoms with van der Waals surface area (Å²) in [5.74, 6) is 0.314. The second-order valence-electron chi connectivity index (χ2n) is 11.3. The van der Waals surface area contributed by atoms with E-state index in [0.29, 0.717) is 28.7 Å². The van der Waals surface area contributed by atoms with Crippen molar-refractivity contribution in [3.8, 4) is 16.9 Å². The van der Waals surface area contributed by atoms with Crippen molar-refractivity contribution in [1.29, 1.82) is 0 Å². The zero-order chi connectivity index (χ0) is 30.6. The Bertz CT molecular complexity index is 1320. The first-order chi connectivity index (χ1) is 19.3. The van der Waals surface area contributed by atoms with Gasteiger partial charge in [-0.1, -0.05) is 43.3 Å². The minimum atomic E-state index is -0.643. The molecule has 1 amide bonds. The third-order valence-corrected chi connectivity index (χ3v) is 5.51. The van der Waals surface area contributed by atoms with Crippen molar-refractivity contribution < 1.29 is 33.0 Å². The normalized spacial score (nSPS) is 11.0. The Balaban J connectivity index is 0.000000745. The molecule has 0 unspecified atom stereocenters. The van der Waals surface area contributed by atoms with Gasteiger partial charge in [0.2, 0.25) is 0 Å². The van der Waals surface area contributed by atoms with Crippen molar-refractivity contribution in [2.75, 3.05) is 0 Å². The van der Waals surface area contributed by atoms with E-state index in [4.69, 9.17) is 9.47 Å². The molecule has 0 fully saturated rings. The first kappa shape index (κ1) is 33.0. The van der Waals surface area contributed by atoms with Crippen molar-refractivity contribution >= 4 is 18.9 Å². The summed E-state index contributed by atoms with van der Waals surface area (Å²) in [5, 5.41) is 2.58. The average Bonchev–Trinajstić information content (AvgIpc) is 2.90. The lowest BCUT2D eigenvalue weighted by Crippen LogP contribution is -2.32. The molecular formula is C33H40FNO6. The molecule has 3 rings (SSSR count). The number of amides is 1. The standard InChI is InChI=1S/C28H30FNO4.C5H10O2/c1-5-21-9-6-7-12-25(21)33-18-20-13-19(17-31)14-23(15-20)24-11-8-10-22(26(24)29)16-30-27(32)34-28(2,3)4;1-5(2,3)7-4-6/h6-15,17H,5,16,18H2,1-4H3,(H,30,32);4H,1-3H3. The van der Waals surface area contributed by atoms with Crippen molar-refractivity contribution in [2.24, 2.45) is 0 Å². The van der Waals surface area contributed by atoms with Gasteiger partial charge < -0.3 is 19.5 Å². The Morgan fingerprint density at radius 2 is 1.59 bits per heavy atom. The van der Waals surface area contributed by atoms with Crippen molar-refractivity contribution in [3.63, 3.8) is 0 Å². The number of carbonyl (C=O) groups excluding carboxylic acids is 3. The predicted octanol–water partition coefficient (Wildman–Crippen LogP) is 7.43. The zero-order valence-corrected chi connectivity index (χ0v) is 24.9. The van der Waals surface area contributed by atoms with E-state index in [1.54, 1.807) is 51.1 Å². The molecule has 41 heavy (non-hydrogen) atoms. The van der Waals surface area contributed by atoms with Crippen LogP contribution in [0.3, 0.4) is 0 Å². The molecule has 0 bridgehead atoms. The maximum absolute atomic E-state index is 15.4. The molecule has 0 aliphatic carbocycles. The number of halogens is 1. The van der Waals surface area contributed by atoms with Gasteiger partial charge in [-0.15, -0.1) is 0 Å². The molecule has 7 nitrogen and oxygen atoms in total. The summed E-state index contributed by atoms with van der Waals surface area (Å²) >= 11 is 0. The van der Waals surface area contributed by atoms with Gasteiger partial charge in [-0.05, 0) is 88.9 Å². The fraction of sp³-hybridized carbons (Fsp3) is 0.364. The lowest BCUT2D eigenvalue weighted by Gasteiger charge is -2.20. The molecule has 1 N–H and O–H groups in total. The van der Waals surface area contributed by atoms with Gasteiger partial charge in [0.15, 0.2) is 0 Å². The van der Waals surface area contributed by atoms with Crippen LogP contribution in [0.1, 0.15) is 75.5 Å². The van der Waals surface area contributed by atoms with Gasteiger partial charge in [-0.25, -0.2) is 9.18 Å². The highest BCUT2D eigenvalue weighted by atomic mass is 19.1. The van der Waals surface area contributed by atoms with Crippen LogP contribution in [0.5, 0.6) is 5.75 Å². The van der Waals surface area contributed by atoms with Crippen LogP contribution >= 0.6 is 0 Å². The number of benzene rings is 3. The topological polar surface area (TPSA) is 90.9 Å². The molecule has 0 spiro atoms. The van der Waals surface area contributed by atoms with Crippen LogP contribution < -0.4 is 10.1 Å². The molecule has 0 saturated carbocycles. The van der Waals surface area contributed by atoms with E-state index >= 15 is 4.39 Å². The Morgan fingerprint density at radius 3 is 2.17 bits per heavy atom. The molecule has 3 aromatic carbocycles. The number of rotatable bonds is 9. The monoisotopic (exact) mass is 565 g/mol. The van der Waals surface area contributed by atoms with E-state index in [1.807, 2.05) is 51.1 Å². The van der Waals surface area contributed by atoms with Crippen molar-refractivity contribution in [1.82, 2.24) is 5.32 Å². The third kappa shape index (κ3) is 11.4. The van der Waals surface area contributed by atoms with Crippen LogP contribution in [0.4, 0.5) is 9.18 Å². The summed E-state index contributed by atoms with van der Waals surface area (Å²) < 4.78 is 31.1. The summed E-state index contributed by atoms with van der Waals surface area (Å²) in [6.45, 7) is 13.5. The van der Waals surface area contributed by atoms with Gasteiger partial charge in [0.1, 0.15) is 35.7 Å². The number of hydrogen-bond donors (Lipinski definition) is 1. The van der Waals surface area contributed by atoms with Crippen LogP contribution in [0.25, 0.3) is 11.1 Å². The molecule has 8 heteroatoms. The predicted molar refractivity (Wildman–Crippen MR) is 157 cm³/mol. The summed E-state index contributed by atoms with van der Waals surface area (Å²) in [5.41, 5.74) is 2.52. The van der Waals surface area contributed by atoms with E-state index in [-0.39, 0.29) is 18.8 Å². The van der Waals surface area contributed by atoms with Crippen LogP contribution in [0.2, 0.25) is 0 Å². The van der Waals surface area contributed by atoms with Gasteiger partial charge in [0, 0.05) is 23.2 Å². The first-order valence-corrected chi connectivity index (χ1v) is 13.4. The zero-order valence-electron chi connectivity index (χ0n) is 24.9. The Morgan fingerprint density at radius 1 is 0.902 bits per heavy atom. The lowest BCUT2D eigenvalue weighted by molar-refractivity contribution is -0.138. The van der Waals surface area contributed by atoms with Crippen LogP contribution in [0, 0.1) is 5.82 Å². The number of ether oxygens (including phenoxy) is 3. The molecule has 0 radical (unpaired) electrons. The average molecular weight is 566 g/mol. The SMILES string of the molecule is CC(C)(C)OC=O.CCc1ccccc1OCc1cc(C=O)cc(-c2cccc(CNC(=O)OC(C)(C)C)c2F)c1. The van der Waals surface area contributed by atoms with Gasteiger partial charge in [0.05, 0.1) is 0 Å². The fourth-order valence-corrected chi connectivity index (χ4v) is 3.69. The second kappa shape index (κ2) is 15.0. The van der Waals surface area contributed by atoms with Crippen LogP contribution in [-0.2, 0) is 33.8 Å². The van der Waals surface area contributed by atoms with Crippen LogP contribution in [-0.4, -0.2) is 30.1 Å². The summed E-state index contributed by atoms with van der Waals surface area (Å²) in [7, 11) is 0. The van der Waals surface area contributed by atoms with E-state index in [9.17, 15) is 14.4 Å². The largest absolute Gasteiger partial charge is 0.489 e. The lowest BCUT2D eigenvalue weighted by atomic mass is 9.98. The highest BCUT2D eigenvalue weighted by Crippen LogP contribution is 2.28. The molecule has 0 aromatic heterocycles. The molecular weight excluding hydrogens is 525 g/mol. The number of carbonyl (C=O) groups is 3. The molecule has 0 atom stereocenters. The molecule has 3 aromatic rings. The Labute approximate surface area is 242 Å². The molecule has 0 heterocycles. The van der Waals surface area contributed by atoms with E-state index < -0.39 is 17.5 Å². The minimum absolute atomic E-state index is 0.0221. The third-order valence-electron chi connectivity index (χ3n) is 5.51. The maximum atomic E-state index is 15.4. The Hall–Kier alpha value is -4.20. The molecule has 0 saturated heterocycles. The van der Waals surface area contributed by atoms with E-state index in [2.05, 4.69) is 17.0 Å². The summed E-state index contributed by atoms with van der Waals surface area (Å²) in [6, 6.07) is 17.9. The van der Waals surface area contributed by atoms with Gasteiger partial charge in [-0.3, -0.25) is 9.59 Å². The maximum Gasteiger partial charge on any atom is 0.407 e. The smallest absolute Gasteiger partial charge is 0.407 e. The number of nitrogens with one attached hydrogen (secondary N) is 1. The summed E-state index contributed by atoms with van der Waals surface area (Å²) in [6.07, 6.45) is 0.955. The number of alkyl carbamates (subject to hydrolysis) is 1. The van der Waals surface area contributed by atoms with Gasteiger partial charge in [0.25, 0.3) is 6.47 Å². The van der Waals surface area contributed by atoms with Gasteiger partial charge in [-0.2, -0.15) is 0 Å². The fourth-order valence-electron chi connectivity index (χ4n) is 3.69. The quantitative estimate of drug-likeness (QED) is 0.271. The number of aryl methyl sites for hydroxylation is 1. The second-order valence-corrected chi connectivity index (χ2v) is 11.3. The number of aldehydes is 1. The molecule has 0 aliphatic rings. The van der Waals surface area contributed by atoms with Gasteiger partial charge >= 0.3 is 6.09 Å². The van der Waals surface area contributed by atoms with E-state index in [1.165, 1.54) is 0 Å². The first-order valence-electron chi connectivity index (χ1n) is 13.4. The van der Waals surface area contributed by atoms with Crippen molar-refractivity contribution in [3.05, 3.63) is 88.7 Å². The highest BCUT2D eigenvalue weighted by molar-refractivity contribution is 5.80. The van der Waals surface area contributed by atoms with Crippen LogP contribution in [0.15, 0.2) is 60.7 Å².